The van der Waals surface area contributed by atoms with Gasteiger partial charge in [0, 0.05) is 29.2 Å². The molecule has 1 N–H and O–H groups in total. The fourth-order valence-corrected chi connectivity index (χ4v) is 2.40. The molecule has 0 atom stereocenters. The Bertz CT molecular complexity index is 620. The first kappa shape index (κ1) is 11.6. The Kier molecular flexibility index (Phi) is 2.99. The SMILES string of the molecule is N#CCn1cc(CNC2CC2)c2ccc(Cl)cc21. The van der Waals surface area contributed by atoms with E-state index < -0.39 is 0 Å². The van der Waals surface area contributed by atoms with E-state index in [1.807, 2.05) is 22.8 Å². The van der Waals surface area contributed by atoms with Crippen molar-refractivity contribution in [1.82, 2.24) is 9.88 Å². The number of hydrogen-bond acceptors (Lipinski definition) is 2. The summed E-state index contributed by atoms with van der Waals surface area (Å²) in [5.74, 6) is 0. The van der Waals surface area contributed by atoms with Crippen molar-refractivity contribution in [1.29, 1.82) is 5.26 Å². The minimum absolute atomic E-state index is 0.361. The summed E-state index contributed by atoms with van der Waals surface area (Å²) in [6, 6.07) is 8.74. The fourth-order valence-electron chi connectivity index (χ4n) is 2.23. The molecule has 2 aromatic rings. The van der Waals surface area contributed by atoms with Gasteiger partial charge in [0.1, 0.15) is 6.54 Å². The highest BCUT2D eigenvalue weighted by Gasteiger charge is 2.20. The summed E-state index contributed by atoms with van der Waals surface area (Å²) < 4.78 is 1.96. The normalized spacial score (nSPS) is 14.9. The minimum atomic E-state index is 0.361. The second kappa shape index (κ2) is 4.64. The largest absolute Gasteiger partial charge is 0.333 e. The molecule has 18 heavy (non-hydrogen) atoms. The molecule has 0 saturated heterocycles. The van der Waals surface area contributed by atoms with Gasteiger partial charge in [-0.25, -0.2) is 0 Å². The number of nitrogens with one attached hydrogen (secondary N) is 1. The second-order valence-corrected chi connectivity index (χ2v) is 5.19. The molecular formula is C14H14ClN3. The molecule has 92 valence electrons. The molecule has 0 unspecified atom stereocenters. The summed E-state index contributed by atoms with van der Waals surface area (Å²) in [6.07, 6.45) is 4.62. The standard InChI is InChI=1S/C14H14ClN3/c15-11-1-4-13-10(8-17-12-2-3-12)9-18(6-5-16)14(13)7-11/h1,4,7,9,12,17H,2-3,6,8H2. The number of rotatable bonds is 4. The average molecular weight is 260 g/mol. The first-order valence-corrected chi connectivity index (χ1v) is 6.53. The molecule has 1 aliphatic carbocycles. The zero-order valence-corrected chi connectivity index (χ0v) is 10.7. The molecule has 0 bridgehead atoms. The molecule has 0 aliphatic heterocycles. The highest BCUT2D eigenvalue weighted by molar-refractivity contribution is 6.31. The van der Waals surface area contributed by atoms with Crippen LogP contribution in [0.15, 0.2) is 24.4 Å². The van der Waals surface area contributed by atoms with E-state index >= 15 is 0 Å². The predicted octanol–water partition coefficient (Wildman–Crippen LogP) is 3.07. The van der Waals surface area contributed by atoms with Crippen LogP contribution >= 0.6 is 11.6 Å². The first-order chi connectivity index (χ1) is 8.78. The van der Waals surface area contributed by atoms with Crippen LogP contribution in [0, 0.1) is 11.3 Å². The Hall–Kier alpha value is -1.50. The number of halogens is 1. The summed E-state index contributed by atoms with van der Waals surface area (Å²) in [4.78, 5) is 0. The second-order valence-electron chi connectivity index (χ2n) is 4.76. The van der Waals surface area contributed by atoms with Crippen LogP contribution < -0.4 is 5.32 Å². The predicted molar refractivity (Wildman–Crippen MR) is 72.4 cm³/mol. The number of hydrogen-bond donors (Lipinski definition) is 1. The molecule has 0 spiro atoms. The molecule has 4 heteroatoms. The third-order valence-corrected chi connectivity index (χ3v) is 3.56. The Morgan fingerprint density at radius 2 is 2.28 bits per heavy atom. The van der Waals surface area contributed by atoms with E-state index in [-0.39, 0.29) is 0 Å². The minimum Gasteiger partial charge on any atom is -0.333 e. The van der Waals surface area contributed by atoms with Crippen LogP contribution in [0.25, 0.3) is 10.9 Å². The van der Waals surface area contributed by atoms with Crippen LogP contribution in [0.5, 0.6) is 0 Å². The van der Waals surface area contributed by atoms with Gasteiger partial charge in [-0.3, -0.25) is 0 Å². The Balaban J connectivity index is 1.99. The number of nitrogens with zero attached hydrogens (tertiary/aromatic N) is 2. The molecule has 1 aromatic heterocycles. The summed E-state index contributed by atoms with van der Waals surface area (Å²) in [5.41, 5.74) is 2.28. The monoisotopic (exact) mass is 259 g/mol. The van der Waals surface area contributed by atoms with Crippen LogP contribution in [0.4, 0.5) is 0 Å². The van der Waals surface area contributed by atoms with Gasteiger partial charge in [-0.05, 0) is 30.5 Å². The first-order valence-electron chi connectivity index (χ1n) is 6.15. The van der Waals surface area contributed by atoms with E-state index in [0.717, 1.165) is 12.1 Å². The molecule has 3 nitrogen and oxygen atoms in total. The molecule has 1 saturated carbocycles. The molecule has 1 aromatic carbocycles. The van der Waals surface area contributed by atoms with Crippen molar-refractivity contribution in [2.45, 2.75) is 32.0 Å². The van der Waals surface area contributed by atoms with E-state index in [9.17, 15) is 0 Å². The van der Waals surface area contributed by atoms with Crippen LogP contribution in [0.2, 0.25) is 5.02 Å². The summed E-state index contributed by atoms with van der Waals surface area (Å²) in [5, 5.41) is 14.3. The van der Waals surface area contributed by atoms with Crippen molar-refractivity contribution in [3.63, 3.8) is 0 Å². The quantitative estimate of drug-likeness (QED) is 0.917. The molecule has 1 heterocycles. The maximum atomic E-state index is 8.87. The molecule has 0 amide bonds. The lowest BCUT2D eigenvalue weighted by Crippen LogP contribution is -2.14. The van der Waals surface area contributed by atoms with Crippen LogP contribution in [-0.2, 0) is 13.1 Å². The summed E-state index contributed by atoms with van der Waals surface area (Å²) in [6.45, 7) is 1.22. The lowest BCUT2D eigenvalue weighted by Gasteiger charge is -2.00. The number of benzene rings is 1. The number of aromatic nitrogens is 1. The van der Waals surface area contributed by atoms with Crippen LogP contribution in [0.3, 0.4) is 0 Å². The highest BCUT2D eigenvalue weighted by Crippen LogP contribution is 2.26. The van der Waals surface area contributed by atoms with Crippen molar-refractivity contribution in [2.24, 2.45) is 0 Å². The smallest absolute Gasteiger partial charge is 0.110 e. The molecule has 3 rings (SSSR count). The van der Waals surface area contributed by atoms with Gasteiger partial charge in [-0.15, -0.1) is 0 Å². The van der Waals surface area contributed by atoms with Gasteiger partial charge in [-0.2, -0.15) is 5.26 Å². The van der Waals surface area contributed by atoms with Gasteiger partial charge >= 0.3 is 0 Å². The van der Waals surface area contributed by atoms with E-state index in [1.165, 1.54) is 23.8 Å². The number of nitriles is 1. The number of fused-ring (bicyclic) bond motifs is 1. The third-order valence-electron chi connectivity index (χ3n) is 3.33. The fraction of sp³-hybridized carbons (Fsp3) is 0.357. The highest BCUT2D eigenvalue weighted by atomic mass is 35.5. The van der Waals surface area contributed by atoms with Crippen molar-refractivity contribution in [3.05, 3.63) is 35.0 Å². The van der Waals surface area contributed by atoms with E-state index in [4.69, 9.17) is 16.9 Å². The van der Waals surface area contributed by atoms with Gasteiger partial charge in [-0.1, -0.05) is 17.7 Å². The molecular weight excluding hydrogens is 246 g/mol. The van der Waals surface area contributed by atoms with Crippen molar-refractivity contribution in [2.75, 3.05) is 0 Å². The van der Waals surface area contributed by atoms with Gasteiger partial charge < -0.3 is 9.88 Å². The Morgan fingerprint density at radius 1 is 1.44 bits per heavy atom. The van der Waals surface area contributed by atoms with Crippen molar-refractivity contribution < 1.29 is 0 Å². The zero-order chi connectivity index (χ0) is 12.5. The van der Waals surface area contributed by atoms with Crippen LogP contribution in [-0.4, -0.2) is 10.6 Å². The zero-order valence-electron chi connectivity index (χ0n) is 9.99. The lowest BCUT2D eigenvalue weighted by atomic mass is 10.2. The lowest BCUT2D eigenvalue weighted by molar-refractivity contribution is 0.688. The van der Waals surface area contributed by atoms with Crippen LogP contribution in [0.1, 0.15) is 18.4 Å². The third kappa shape index (κ3) is 2.22. The Morgan fingerprint density at radius 3 is 3.00 bits per heavy atom. The topological polar surface area (TPSA) is 40.8 Å². The van der Waals surface area contributed by atoms with E-state index in [2.05, 4.69) is 17.6 Å². The summed E-state index contributed by atoms with van der Waals surface area (Å²) in [7, 11) is 0. The Labute approximate surface area is 111 Å². The van der Waals surface area contributed by atoms with Gasteiger partial charge in [0.15, 0.2) is 0 Å². The average Bonchev–Trinajstić information content (AvgIpc) is 3.12. The summed E-state index contributed by atoms with van der Waals surface area (Å²) >= 11 is 6.03. The van der Waals surface area contributed by atoms with Crippen molar-refractivity contribution in [3.8, 4) is 6.07 Å². The van der Waals surface area contributed by atoms with Gasteiger partial charge in [0.2, 0.25) is 0 Å². The van der Waals surface area contributed by atoms with E-state index in [1.54, 1.807) is 0 Å². The van der Waals surface area contributed by atoms with E-state index in [0.29, 0.717) is 17.6 Å². The maximum absolute atomic E-state index is 8.87. The maximum Gasteiger partial charge on any atom is 0.110 e. The molecule has 0 radical (unpaired) electrons. The molecule has 1 fully saturated rings. The van der Waals surface area contributed by atoms with Crippen molar-refractivity contribution >= 4 is 22.5 Å². The molecule has 1 aliphatic rings. The van der Waals surface area contributed by atoms with Gasteiger partial charge in [0.05, 0.1) is 11.6 Å². The van der Waals surface area contributed by atoms with Gasteiger partial charge in [0.25, 0.3) is 0 Å².